The fraction of sp³-hybridized carbons (Fsp3) is 0.185. The molecule has 0 saturated carbocycles. The zero-order chi connectivity index (χ0) is 26.4. The van der Waals surface area contributed by atoms with E-state index >= 15 is 0 Å². The Kier molecular flexibility index (Phi) is 9.27. The molecule has 0 radical (unpaired) electrons. The molecule has 0 N–H and O–H groups in total. The Balaban J connectivity index is 1.43. The van der Waals surface area contributed by atoms with E-state index < -0.39 is 0 Å². The number of carbonyl (C=O) groups is 2. The van der Waals surface area contributed by atoms with Crippen molar-refractivity contribution in [1.82, 2.24) is 4.90 Å². The summed E-state index contributed by atoms with van der Waals surface area (Å²) in [6.45, 7) is 2.75. The first-order chi connectivity index (χ1) is 17.9. The number of para-hydroxylation sites is 1. The van der Waals surface area contributed by atoms with Gasteiger partial charge in [-0.15, -0.1) is 0 Å². The Morgan fingerprint density at radius 2 is 1.68 bits per heavy atom. The van der Waals surface area contributed by atoms with E-state index in [-0.39, 0.29) is 30.9 Å². The number of imide groups is 1. The van der Waals surface area contributed by atoms with Gasteiger partial charge in [0.2, 0.25) is 0 Å². The van der Waals surface area contributed by atoms with E-state index in [0.29, 0.717) is 49.4 Å². The van der Waals surface area contributed by atoms with Crippen molar-refractivity contribution < 1.29 is 23.8 Å². The highest BCUT2D eigenvalue weighted by atomic mass is 35.5. The van der Waals surface area contributed by atoms with Crippen molar-refractivity contribution in [2.24, 2.45) is 0 Å². The molecule has 1 fully saturated rings. The van der Waals surface area contributed by atoms with Crippen LogP contribution < -0.4 is 14.2 Å². The Morgan fingerprint density at radius 1 is 0.865 bits per heavy atom. The molecule has 1 aliphatic heterocycles. The fourth-order valence-corrected chi connectivity index (χ4v) is 4.97. The zero-order valence-electron chi connectivity index (χ0n) is 19.7. The topological polar surface area (TPSA) is 65.1 Å². The highest BCUT2D eigenvalue weighted by molar-refractivity contribution is 8.18. The van der Waals surface area contributed by atoms with Crippen LogP contribution in [-0.2, 0) is 11.4 Å². The standard InChI is InChI=1S/C27H22Cl3NO5S/c1-2-34-24-13-17(7-10-23(24)36-16-18-8-9-19(28)15-21(18)30)14-25-26(32)31(27(33)37-25)11-12-35-22-6-4-3-5-20(22)29/h3-10,13-15H,2,11-12,16H2,1H3/b25-14-. The van der Waals surface area contributed by atoms with Gasteiger partial charge in [0.25, 0.3) is 11.1 Å². The van der Waals surface area contributed by atoms with Crippen LogP contribution in [0.5, 0.6) is 17.2 Å². The number of carbonyl (C=O) groups excluding carboxylic acids is 2. The van der Waals surface area contributed by atoms with Crippen molar-refractivity contribution in [2.45, 2.75) is 13.5 Å². The van der Waals surface area contributed by atoms with Crippen molar-refractivity contribution in [3.63, 3.8) is 0 Å². The third-order valence-corrected chi connectivity index (χ3v) is 7.05. The van der Waals surface area contributed by atoms with Gasteiger partial charge in [0.1, 0.15) is 19.0 Å². The van der Waals surface area contributed by atoms with Gasteiger partial charge in [0.15, 0.2) is 11.5 Å². The van der Waals surface area contributed by atoms with E-state index in [2.05, 4.69) is 0 Å². The van der Waals surface area contributed by atoms with Crippen LogP contribution in [0.1, 0.15) is 18.1 Å². The highest BCUT2D eigenvalue weighted by Crippen LogP contribution is 2.35. The first-order valence-corrected chi connectivity index (χ1v) is 13.3. The molecular weight excluding hydrogens is 557 g/mol. The largest absolute Gasteiger partial charge is 0.490 e. The molecule has 4 rings (SSSR count). The zero-order valence-corrected chi connectivity index (χ0v) is 22.8. The SMILES string of the molecule is CCOc1cc(/C=C2\SC(=O)N(CCOc3ccccc3Cl)C2=O)ccc1OCc1ccc(Cl)cc1Cl. The first-order valence-electron chi connectivity index (χ1n) is 11.3. The maximum atomic E-state index is 12.9. The van der Waals surface area contributed by atoms with E-state index in [9.17, 15) is 9.59 Å². The molecule has 0 atom stereocenters. The minimum absolute atomic E-state index is 0.109. The van der Waals surface area contributed by atoms with Crippen molar-refractivity contribution in [3.05, 3.63) is 91.8 Å². The minimum atomic E-state index is -0.381. The summed E-state index contributed by atoms with van der Waals surface area (Å²) in [5.41, 5.74) is 1.47. The predicted octanol–water partition coefficient (Wildman–Crippen LogP) is 7.74. The van der Waals surface area contributed by atoms with E-state index in [1.165, 1.54) is 0 Å². The maximum absolute atomic E-state index is 12.9. The number of thioether (sulfide) groups is 1. The number of nitrogens with zero attached hydrogens (tertiary/aromatic N) is 1. The van der Waals surface area contributed by atoms with Crippen LogP contribution in [0, 0.1) is 0 Å². The molecule has 0 spiro atoms. The molecule has 1 heterocycles. The molecular formula is C27H22Cl3NO5S. The minimum Gasteiger partial charge on any atom is -0.490 e. The summed E-state index contributed by atoms with van der Waals surface area (Å²) in [5.74, 6) is 1.15. The number of hydrogen-bond donors (Lipinski definition) is 0. The molecule has 10 heteroatoms. The molecule has 0 unspecified atom stereocenters. The van der Waals surface area contributed by atoms with Gasteiger partial charge >= 0.3 is 0 Å². The summed E-state index contributed by atoms with van der Waals surface area (Å²) in [5, 5.41) is 1.16. The summed E-state index contributed by atoms with van der Waals surface area (Å²) >= 11 is 19.2. The van der Waals surface area contributed by atoms with Gasteiger partial charge in [-0.05, 0) is 66.7 Å². The number of benzene rings is 3. The van der Waals surface area contributed by atoms with Crippen molar-refractivity contribution in [1.29, 1.82) is 0 Å². The lowest BCUT2D eigenvalue weighted by molar-refractivity contribution is -0.123. The number of ether oxygens (including phenoxy) is 3. The lowest BCUT2D eigenvalue weighted by atomic mass is 10.1. The second kappa shape index (κ2) is 12.6. The monoisotopic (exact) mass is 577 g/mol. The Hall–Kier alpha value is -2.84. The van der Waals surface area contributed by atoms with Gasteiger partial charge in [0.05, 0.1) is 23.1 Å². The smallest absolute Gasteiger partial charge is 0.293 e. The van der Waals surface area contributed by atoms with Gasteiger partial charge in [-0.3, -0.25) is 14.5 Å². The van der Waals surface area contributed by atoms with Crippen LogP contribution in [0.25, 0.3) is 6.08 Å². The van der Waals surface area contributed by atoms with E-state index in [1.54, 1.807) is 66.7 Å². The average molecular weight is 579 g/mol. The lowest BCUT2D eigenvalue weighted by Gasteiger charge is -2.14. The summed E-state index contributed by atoms with van der Waals surface area (Å²) in [4.78, 5) is 26.8. The van der Waals surface area contributed by atoms with E-state index in [1.807, 2.05) is 6.92 Å². The normalized spacial score (nSPS) is 14.4. The quantitative estimate of drug-likeness (QED) is 0.229. The van der Waals surface area contributed by atoms with Gasteiger partial charge in [0, 0.05) is 15.6 Å². The third kappa shape index (κ3) is 6.93. The second-order valence-corrected chi connectivity index (χ2v) is 10.0. The Bertz CT molecular complexity index is 1350. The molecule has 3 aromatic carbocycles. The molecule has 2 amide bonds. The molecule has 0 bridgehead atoms. The van der Waals surface area contributed by atoms with Crippen molar-refractivity contribution >= 4 is 63.8 Å². The Labute approximate surface area is 234 Å². The molecule has 1 saturated heterocycles. The number of rotatable bonds is 10. The number of halogens is 3. The Morgan fingerprint density at radius 3 is 2.43 bits per heavy atom. The summed E-state index contributed by atoms with van der Waals surface area (Å²) in [7, 11) is 0. The van der Waals surface area contributed by atoms with Gasteiger partial charge in [-0.25, -0.2) is 0 Å². The molecule has 0 aliphatic carbocycles. The predicted molar refractivity (Wildman–Crippen MR) is 148 cm³/mol. The van der Waals surface area contributed by atoms with Crippen LogP contribution in [-0.4, -0.2) is 35.8 Å². The van der Waals surface area contributed by atoms with Crippen molar-refractivity contribution in [3.8, 4) is 17.2 Å². The van der Waals surface area contributed by atoms with Crippen LogP contribution in [0.4, 0.5) is 4.79 Å². The summed E-state index contributed by atoms with van der Waals surface area (Å²) in [6.07, 6.45) is 1.65. The van der Waals surface area contributed by atoms with Gasteiger partial charge in [-0.2, -0.15) is 0 Å². The first kappa shape index (κ1) is 27.2. The molecule has 3 aromatic rings. The third-order valence-electron chi connectivity index (χ3n) is 5.25. The summed E-state index contributed by atoms with van der Waals surface area (Å²) < 4.78 is 17.3. The van der Waals surface area contributed by atoms with Gasteiger partial charge < -0.3 is 14.2 Å². The summed E-state index contributed by atoms with van der Waals surface area (Å²) in [6, 6.07) is 17.5. The van der Waals surface area contributed by atoms with Crippen LogP contribution in [0.3, 0.4) is 0 Å². The average Bonchev–Trinajstić information content (AvgIpc) is 3.13. The molecule has 6 nitrogen and oxygen atoms in total. The molecule has 1 aliphatic rings. The number of amides is 2. The van der Waals surface area contributed by atoms with Gasteiger partial charge in [-0.1, -0.05) is 59.1 Å². The number of hydrogen-bond acceptors (Lipinski definition) is 6. The van der Waals surface area contributed by atoms with Crippen LogP contribution in [0.15, 0.2) is 65.6 Å². The molecule has 37 heavy (non-hydrogen) atoms. The van der Waals surface area contributed by atoms with Crippen LogP contribution >= 0.6 is 46.6 Å². The maximum Gasteiger partial charge on any atom is 0.293 e. The molecule has 192 valence electrons. The van der Waals surface area contributed by atoms with E-state index in [0.717, 1.165) is 22.2 Å². The van der Waals surface area contributed by atoms with Crippen LogP contribution in [0.2, 0.25) is 15.1 Å². The second-order valence-electron chi connectivity index (χ2n) is 7.78. The van der Waals surface area contributed by atoms with Crippen molar-refractivity contribution in [2.75, 3.05) is 19.8 Å². The van der Waals surface area contributed by atoms with E-state index in [4.69, 9.17) is 49.0 Å². The highest BCUT2D eigenvalue weighted by Gasteiger charge is 2.34. The fourth-order valence-electron chi connectivity index (χ4n) is 3.45. The lowest BCUT2D eigenvalue weighted by Crippen LogP contribution is -2.32. The molecule has 0 aromatic heterocycles.